The molecule has 1 aliphatic heterocycles. The van der Waals surface area contributed by atoms with Gasteiger partial charge in [0.05, 0.1) is 23.9 Å². The molecule has 10 nitrogen and oxygen atoms in total. The van der Waals surface area contributed by atoms with Crippen LogP contribution in [0.3, 0.4) is 0 Å². The van der Waals surface area contributed by atoms with Gasteiger partial charge < -0.3 is 9.64 Å². The first-order valence-corrected chi connectivity index (χ1v) is 14.2. The number of aromatic nitrogens is 4. The lowest BCUT2D eigenvalue weighted by Crippen LogP contribution is -2.57. The average molecular weight is 514 g/mol. The van der Waals surface area contributed by atoms with Crippen molar-refractivity contribution < 1.29 is 13.2 Å². The number of benzene rings is 1. The molecule has 1 saturated carbocycles. The van der Waals surface area contributed by atoms with Gasteiger partial charge in [-0.1, -0.05) is 6.07 Å². The largest absolute Gasteiger partial charge is 0.374 e. The van der Waals surface area contributed by atoms with Crippen LogP contribution in [-0.4, -0.2) is 67.3 Å². The molecule has 0 spiro atoms. The van der Waals surface area contributed by atoms with Gasteiger partial charge in [0, 0.05) is 45.4 Å². The topological polar surface area (TPSA) is 114 Å². The average Bonchev–Trinajstić information content (AvgIpc) is 3.28. The maximum Gasteiger partial charge on any atom is 0.277 e. The summed E-state index contributed by atoms with van der Waals surface area (Å²) in [6, 6.07) is 10.2. The van der Waals surface area contributed by atoms with Gasteiger partial charge in [0.2, 0.25) is 0 Å². The van der Waals surface area contributed by atoms with E-state index in [9.17, 15) is 8.42 Å². The minimum absolute atomic E-state index is 0.269. The molecule has 3 aromatic rings. The summed E-state index contributed by atoms with van der Waals surface area (Å²) >= 11 is 0. The summed E-state index contributed by atoms with van der Waals surface area (Å²) in [6.45, 7) is 1.88. The van der Waals surface area contributed by atoms with Crippen LogP contribution in [0.5, 0.6) is 0 Å². The number of aryl methyl sites for hydroxylation is 1. The van der Waals surface area contributed by atoms with Crippen LogP contribution in [0.15, 0.2) is 42.7 Å². The summed E-state index contributed by atoms with van der Waals surface area (Å²) in [5.41, 5.74) is 2.55. The van der Waals surface area contributed by atoms with E-state index in [1.54, 1.807) is 6.20 Å². The van der Waals surface area contributed by atoms with Crippen molar-refractivity contribution >= 4 is 26.9 Å². The molecule has 3 heterocycles. The fourth-order valence-corrected chi connectivity index (χ4v) is 6.29. The lowest BCUT2D eigenvalue weighted by atomic mass is 9.79. The summed E-state index contributed by atoms with van der Waals surface area (Å²) in [5, 5.41) is 13.8. The van der Waals surface area contributed by atoms with E-state index in [0.29, 0.717) is 38.0 Å². The molecule has 11 heteroatoms. The quantitative estimate of drug-likeness (QED) is 0.475. The third-order valence-corrected chi connectivity index (χ3v) is 8.80. The Morgan fingerprint density at radius 1 is 1.14 bits per heavy atom. The Morgan fingerprint density at radius 3 is 2.72 bits per heavy atom. The molecule has 1 aliphatic carbocycles. The minimum Gasteiger partial charge on any atom is -0.374 e. The van der Waals surface area contributed by atoms with E-state index in [-0.39, 0.29) is 12.1 Å². The first-order chi connectivity index (χ1) is 17.4. The van der Waals surface area contributed by atoms with Crippen molar-refractivity contribution in [2.45, 2.75) is 50.2 Å². The van der Waals surface area contributed by atoms with Gasteiger partial charge in [0.25, 0.3) is 10.2 Å². The Balaban J connectivity index is 1.19. The lowest BCUT2D eigenvalue weighted by molar-refractivity contribution is -0.00138. The third-order valence-electron chi connectivity index (χ3n) is 7.65. The predicted molar refractivity (Wildman–Crippen MR) is 139 cm³/mol. The molecular weight excluding hydrogens is 478 g/mol. The number of nitrogens with zero attached hydrogens (tertiary/aromatic N) is 5. The Hall–Kier alpha value is -2.60. The van der Waals surface area contributed by atoms with Crippen molar-refractivity contribution in [3.05, 3.63) is 48.3 Å². The molecule has 36 heavy (non-hydrogen) atoms. The number of nitrogens with one attached hydrogen (secondary N) is 2. The number of fused-ring (bicyclic) bond motifs is 1. The smallest absolute Gasteiger partial charge is 0.277 e. The highest BCUT2D eigenvalue weighted by atomic mass is 32.2. The van der Waals surface area contributed by atoms with Crippen LogP contribution in [0, 0.1) is 5.92 Å². The fraction of sp³-hybridized carbons (Fsp3) is 0.560. The van der Waals surface area contributed by atoms with E-state index in [0.717, 1.165) is 37.0 Å². The van der Waals surface area contributed by atoms with Gasteiger partial charge in [-0.15, -0.1) is 5.10 Å². The molecule has 0 amide bonds. The molecule has 0 bridgehead atoms. The van der Waals surface area contributed by atoms with Crippen LogP contribution in [-0.2, 0) is 22.0 Å². The van der Waals surface area contributed by atoms with E-state index in [1.807, 2.05) is 30.1 Å². The molecule has 2 aliphatic rings. The van der Waals surface area contributed by atoms with Crippen LogP contribution in [0.1, 0.15) is 43.6 Å². The summed E-state index contributed by atoms with van der Waals surface area (Å²) in [5.74, 6) is 1.81. The van der Waals surface area contributed by atoms with Gasteiger partial charge >= 0.3 is 0 Å². The van der Waals surface area contributed by atoms with Crippen LogP contribution >= 0.6 is 0 Å². The third kappa shape index (κ3) is 5.69. The van der Waals surface area contributed by atoms with Crippen molar-refractivity contribution in [3.8, 4) is 0 Å². The number of anilines is 1. The lowest BCUT2D eigenvalue weighted by Gasteiger charge is -2.39. The van der Waals surface area contributed by atoms with Crippen LogP contribution in [0.4, 0.5) is 5.82 Å². The number of rotatable bonds is 8. The van der Waals surface area contributed by atoms with E-state index in [2.05, 4.69) is 47.8 Å². The van der Waals surface area contributed by atoms with Gasteiger partial charge in [0.15, 0.2) is 5.82 Å². The highest BCUT2D eigenvalue weighted by Crippen LogP contribution is 2.37. The van der Waals surface area contributed by atoms with Crippen molar-refractivity contribution in [1.29, 1.82) is 0 Å². The van der Waals surface area contributed by atoms with Crippen molar-refractivity contribution in [3.63, 3.8) is 0 Å². The predicted octanol–water partition coefficient (Wildman–Crippen LogP) is 2.36. The summed E-state index contributed by atoms with van der Waals surface area (Å²) in [6.07, 6.45) is 8.41. The van der Waals surface area contributed by atoms with E-state index in [4.69, 9.17) is 4.74 Å². The zero-order valence-corrected chi connectivity index (χ0v) is 21.7. The molecule has 0 radical (unpaired) electrons. The molecule has 0 unspecified atom stereocenters. The molecule has 194 valence electrons. The normalized spacial score (nSPS) is 25.3. The number of ether oxygens (including phenoxy) is 1. The monoisotopic (exact) mass is 513 g/mol. The Labute approximate surface area is 212 Å². The zero-order valence-electron chi connectivity index (χ0n) is 20.9. The SMILES string of the molecule is CNS(=O)(=O)N[C@H]1CCN(c2cccnn2)C[C@H]1OCC1CCC(c2ccc3c(cnn3C)c2)CC1. The van der Waals surface area contributed by atoms with Crippen LogP contribution in [0.2, 0.25) is 0 Å². The maximum absolute atomic E-state index is 12.2. The Morgan fingerprint density at radius 2 is 1.97 bits per heavy atom. The van der Waals surface area contributed by atoms with Gasteiger partial charge in [-0.25, -0.2) is 4.72 Å². The molecule has 2 aromatic heterocycles. The summed E-state index contributed by atoms with van der Waals surface area (Å²) in [7, 11) is -0.175. The second-order valence-electron chi connectivity index (χ2n) is 9.92. The highest BCUT2D eigenvalue weighted by Gasteiger charge is 2.34. The Bertz CT molecular complexity index is 1260. The standard InChI is InChI=1S/C25H35N7O3S/c1-26-36(33,34)30-22-11-13-32(25-4-3-12-27-29-25)16-24(22)35-17-18-5-7-19(8-6-18)20-9-10-23-21(14-20)15-28-31(23)2/h3-4,9-10,12,14-15,18-19,22,24,26,30H,5-8,11,13,16-17H2,1-2H3/t18?,19?,22-,24+/m0/s1. The van der Waals surface area contributed by atoms with Crippen molar-refractivity contribution in [2.75, 3.05) is 31.6 Å². The number of hydrogen-bond acceptors (Lipinski definition) is 7. The number of hydrogen-bond donors (Lipinski definition) is 2. The molecule has 1 aromatic carbocycles. The molecule has 2 atom stereocenters. The van der Waals surface area contributed by atoms with Crippen LogP contribution < -0.4 is 14.3 Å². The molecular formula is C25H35N7O3S. The first-order valence-electron chi connectivity index (χ1n) is 12.7. The zero-order chi connectivity index (χ0) is 25.1. The van der Waals surface area contributed by atoms with Crippen molar-refractivity contribution in [1.82, 2.24) is 29.4 Å². The van der Waals surface area contributed by atoms with Gasteiger partial charge in [-0.05, 0) is 73.8 Å². The van der Waals surface area contributed by atoms with Crippen molar-refractivity contribution in [2.24, 2.45) is 13.0 Å². The molecule has 1 saturated heterocycles. The molecule has 2 N–H and O–H groups in total. The first kappa shape index (κ1) is 25.1. The molecule has 2 fully saturated rings. The molecule has 5 rings (SSSR count). The number of piperidine rings is 1. The Kier molecular flexibility index (Phi) is 7.52. The maximum atomic E-state index is 12.2. The minimum atomic E-state index is -3.56. The second-order valence-corrected chi connectivity index (χ2v) is 11.6. The second kappa shape index (κ2) is 10.8. The van der Waals surface area contributed by atoms with Gasteiger partial charge in [-0.3, -0.25) is 4.68 Å². The van der Waals surface area contributed by atoms with E-state index in [1.165, 1.54) is 18.0 Å². The van der Waals surface area contributed by atoms with E-state index < -0.39 is 10.2 Å². The fourth-order valence-electron chi connectivity index (χ4n) is 5.51. The summed E-state index contributed by atoms with van der Waals surface area (Å²) in [4.78, 5) is 2.12. The van der Waals surface area contributed by atoms with E-state index >= 15 is 0 Å². The van der Waals surface area contributed by atoms with Gasteiger partial charge in [-0.2, -0.15) is 23.3 Å². The van der Waals surface area contributed by atoms with Crippen LogP contribution in [0.25, 0.3) is 10.9 Å². The summed E-state index contributed by atoms with van der Waals surface area (Å²) < 4.78 is 37.9. The van der Waals surface area contributed by atoms with Gasteiger partial charge in [0.1, 0.15) is 0 Å². The highest BCUT2D eigenvalue weighted by molar-refractivity contribution is 7.87.